The largest absolute Gasteiger partial charge is 0.278 e. The van der Waals surface area contributed by atoms with Crippen LogP contribution in [-0.2, 0) is 0 Å². The third-order valence-corrected chi connectivity index (χ3v) is 0.813. The summed E-state index contributed by atoms with van der Waals surface area (Å²) in [7, 11) is 0. The molecular weight excluding hydrogens is 94.1 g/mol. The molecule has 0 aliphatic carbocycles. The van der Waals surface area contributed by atoms with Crippen LogP contribution >= 0.6 is 11.9 Å². The molecule has 0 radical (unpaired) electrons. The second kappa shape index (κ2) is 5.05. The molecule has 0 aliphatic heterocycles. The van der Waals surface area contributed by atoms with Gasteiger partial charge in [0.15, 0.2) is 0 Å². The Morgan fingerprint density at radius 3 is 2.67 bits per heavy atom. The van der Waals surface area contributed by atoms with Crippen LogP contribution < -0.4 is 5.14 Å². The quantitative estimate of drug-likeness (QED) is 0.419. The van der Waals surface area contributed by atoms with E-state index in [0.29, 0.717) is 0 Å². The van der Waals surface area contributed by atoms with Crippen LogP contribution in [0, 0.1) is 0 Å². The summed E-state index contributed by atoms with van der Waals surface area (Å²) in [5.41, 5.74) is 0. The summed E-state index contributed by atoms with van der Waals surface area (Å²) in [5.74, 6) is 0.927. The van der Waals surface area contributed by atoms with Gasteiger partial charge in [-0.05, 0) is 6.92 Å². The van der Waals surface area contributed by atoms with Crippen molar-refractivity contribution in [2.24, 2.45) is 5.14 Å². The van der Waals surface area contributed by atoms with E-state index in [2.05, 4.69) is 0 Å². The minimum absolute atomic E-state index is 0.927. The van der Waals surface area contributed by atoms with Crippen molar-refractivity contribution >= 4 is 11.9 Å². The van der Waals surface area contributed by atoms with E-state index in [1.807, 2.05) is 19.1 Å². The highest BCUT2D eigenvalue weighted by Crippen LogP contribution is 1.83. The van der Waals surface area contributed by atoms with E-state index in [1.165, 1.54) is 11.9 Å². The monoisotopic (exact) mass is 103 g/mol. The summed E-state index contributed by atoms with van der Waals surface area (Å²) < 4.78 is 0. The first-order valence-electron chi connectivity index (χ1n) is 1.84. The minimum Gasteiger partial charge on any atom is -0.278 e. The molecule has 0 atom stereocenters. The topological polar surface area (TPSA) is 26.0 Å². The maximum Gasteiger partial charge on any atom is 0.0257 e. The molecule has 0 bridgehead atoms. The predicted molar refractivity (Wildman–Crippen MR) is 31.5 cm³/mol. The van der Waals surface area contributed by atoms with Crippen molar-refractivity contribution in [1.29, 1.82) is 0 Å². The maximum atomic E-state index is 5.08. The molecular formula is C4H9NS. The zero-order valence-electron chi connectivity index (χ0n) is 3.85. The van der Waals surface area contributed by atoms with E-state index in [0.717, 1.165) is 5.75 Å². The Labute approximate surface area is 42.7 Å². The molecule has 0 aliphatic rings. The van der Waals surface area contributed by atoms with Crippen LogP contribution in [-0.4, -0.2) is 5.75 Å². The van der Waals surface area contributed by atoms with Crippen LogP contribution in [0.1, 0.15) is 6.92 Å². The molecule has 0 fully saturated rings. The van der Waals surface area contributed by atoms with Crippen LogP contribution in [0.15, 0.2) is 12.2 Å². The van der Waals surface area contributed by atoms with E-state index >= 15 is 0 Å². The molecule has 0 rings (SSSR count). The molecule has 1 nitrogen and oxygen atoms in total. The Morgan fingerprint density at radius 2 is 2.50 bits per heavy atom. The Morgan fingerprint density at radius 1 is 1.83 bits per heavy atom. The number of nitrogens with two attached hydrogens (primary N) is 1. The van der Waals surface area contributed by atoms with Crippen molar-refractivity contribution in [2.45, 2.75) is 6.92 Å². The smallest absolute Gasteiger partial charge is 0.0257 e. The maximum absolute atomic E-state index is 5.08. The zero-order chi connectivity index (χ0) is 4.83. The van der Waals surface area contributed by atoms with Crippen molar-refractivity contribution in [3.8, 4) is 0 Å². The average molecular weight is 103 g/mol. The Bertz CT molecular complexity index is 42.8. The number of allylic oxidation sites excluding steroid dienone is 1. The molecule has 0 heterocycles. The van der Waals surface area contributed by atoms with E-state index in [-0.39, 0.29) is 0 Å². The van der Waals surface area contributed by atoms with Crippen LogP contribution in [0.25, 0.3) is 0 Å². The highest BCUT2D eigenvalue weighted by Gasteiger charge is 1.64. The summed E-state index contributed by atoms with van der Waals surface area (Å²) >= 11 is 1.34. The molecule has 36 valence electrons. The Hall–Kier alpha value is 0.0500. The third kappa shape index (κ3) is 4.05. The van der Waals surface area contributed by atoms with Crippen molar-refractivity contribution in [3.63, 3.8) is 0 Å². The predicted octanol–water partition coefficient (Wildman–Crippen LogP) is 1.17. The lowest BCUT2D eigenvalue weighted by Gasteiger charge is -1.77. The fourth-order valence-electron chi connectivity index (χ4n) is 0.152. The Kier molecular flexibility index (Phi) is 5.09. The van der Waals surface area contributed by atoms with E-state index < -0.39 is 0 Å². The second-order valence-electron chi connectivity index (χ2n) is 0.902. The van der Waals surface area contributed by atoms with Crippen molar-refractivity contribution in [2.75, 3.05) is 5.75 Å². The van der Waals surface area contributed by atoms with Crippen molar-refractivity contribution in [3.05, 3.63) is 12.2 Å². The van der Waals surface area contributed by atoms with Gasteiger partial charge in [0.2, 0.25) is 0 Å². The van der Waals surface area contributed by atoms with Gasteiger partial charge < -0.3 is 0 Å². The first-order chi connectivity index (χ1) is 2.91. The number of rotatable bonds is 2. The molecule has 0 saturated heterocycles. The van der Waals surface area contributed by atoms with E-state index in [9.17, 15) is 0 Å². The fraction of sp³-hybridized carbons (Fsp3) is 0.500. The highest BCUT2D eigenvalue weighted by atomic mass is 32.2. The van der Waals surface area contributed by atoms with Crippen molar-refractivity contribution < 1.29 is 0 Å². The van der Waals surface area contributed by atoms with Gasteiger partial charge in [-0.3, -0.25) is 5.14 Å². The summed E-state index contributed by atoms with van der Waals surface area (Å²) in [5, 5.41) is 5.08. The molecule has 0 aromatic rings. The third-order valence-electron chi connectivity index (χ3n) is 0.428. The average Bonchev–Trinajstić information content (AvgIpc) is 1.61. The van der Waals surface area contributed by atoms with Gasteiger partial charge in [-0.15, -0.1) is 0 Å². The molecule has 0 amide bonds. The molecule has 0 saturated carbocycles. The Balaban J connectivity index is 2.66. The van der Waals surface area contributed by atoms with Crippen molar-refractivity contribution in [1.82, 2.24) is 0 Å². The van der Waals surface area contributed by atoms with Gasteiger partial charge in [0.1, 0.15) is 0 Å². The number of hydrogen-bond donors (Lipinski definition) is 1. The lowest BCUT2D eigenvalue weighted by Crippen LogP contribution is -1.77. The molecule has 0 spiro atoms. The first-order valence-corrected chi connectivity index (χ1v) is 2.89. The SMILES string of the molecule is C/C=C/CSN. The molecule has 0 aromatic carbocycles. The summed E-state index contributed by atoms with van der Waals surface area (Å²) in [4.78, 5) is 0. The van der Waals surface area contributed by atoms with Gasteiger partial charge in [0.25, 0.3) is 0 Å². The van der Waals surface area contributed by atoms with Gasteiger partial charge in [-0.25, -0.2) is 0 Å². The van der Waals surface area contributed by atoms with Crippen LogP contribution in [0.4, 0.5) is 0 Å². The summed E-state index contributed by atoms with van der Waals surface area (Å²) in [6.07, 6.45) is 4.00. The second-order valence-corrected chi connectivity index (χ2v) is 1.57. The fourth-order valence-corrected chi connectivity index (χ4v) is 0.455. The lowest BCUT2D eigenvalue weighted by atomic mass is 10.6. The van der Waals surface area contributed by atoms with E-state index in [1.54, 1.807) is 0 Å². The standard InChI is InChI=1S/C4H9NS/c1-2-3-4-6-5/h2-3H,4-5H2,1H3/b3-2+. The minimum atomic E-state index is 0.927. The van der Waals surface area contributed by atoms with Crippen LogP contribution in [0.2, 0.25) is 0 Å². The zero-order valence-corrected chi connectivity index (χ0v) is 4.66. The lowest BCUT2D eigenvalue weighted by molar-refractivity contribution is 1.65. The number of hydrogen-bond acceptors (Lipinski definition) is 2. The first kappa shape index (κ1) is 6.05. The molecule has 0 unspecified atom stereocenters. The normalized spacial score (nSPS) is 10.3. The van der Waals surface area contributed by atoms with Crippen LogP contribution in [0.3, 0.4) is 0 Å². The molecule has 2 N–H and O–H groups in total. The molecule has 2 heteroatoms. The molecule has 0 aromatic heterocycles. The van der Waals surface area contributed by atoms with Gasteiger partial charge in [-0.1, -0.05) is 24.1 Å². The van der Waals surface area contributed by atoms with E-state index in [4.69, 9.17) is 5.14 Å². The molecule has 6 heavy (non-hydrogen) atoms. The van der Waals surface area contributed by atoms with Gasteiger partial charge >= 0.3 is 0 Å². The summed E-state index contributed by atoms with van der Waals surface area (Å²) in [6.45, 7) is 1.98. The van der Waals surface area contributed by atoms with Gasteiger partial charge in [0, 0.05) is 5.75 Å². The van der Waals surface area contributed by atoms with Gasteiger partial charge in [0.05, 0.1) is 0 Å². The van der Waals surface area contributed by atoms with Crippen LogP contribution in [0.5, 0.6) is 0 Å². The summed E-state index contributed by atoms with van der Waals surface area (Å²) in [6, 6.07) is 0. The van der Waals surface area contributed by atoms with Gasteiger partial charge in [-0.2, -0.15) is 0 Å². The highest BCUT2D eigenvalue weighted by molar-refractivity contribution is 7.97.